The average Bonchev–Trinajstić information content (AvgIpc) is 2.61. The van der Waals surface area contributed by atoms with E-state index in [1.54, 1.807) is 7.11 Å². The first-order valence-corrected chi connectivity index (χ1v) is 7.93. The Morgan fingerprint density at radius 3 is 2.46 bits per heavy atom. The Morgan fingerprint density at radius 2 is 1.79 bits per heavy atom. The summed E-state index contributed by atoms with van der Waals surface area (Å²) in [5.41, 5.74) is 3.12. The van der Waals surface area contributed by atoms with Gasteiger partial charge in [0.2, 0.25) is 0 Å². The average molecular weight is 320 g/mol. The van der Waals surface area contributed by atoms with Crippen LogP contribution in [0.4, 0.5) is 5.69 Å². The molecule has 24 heavy (non-hydrogen) atoms. The van der Waals surface area contributed by atoms with Crippen molar-refractivity contribution in [3.63, 3.8) is 0 Å². The first-order valence-electron chi connectivity index (χ1n) is 7.93. The van der Waals surface area contributed by atoms with Gasteiger partial charge in [-0.3, -0.25) is 9.78 Å². The molecule has 4 heteroatoms. The second-order valence-electron chi connectivity index (χ2n) is 5.95. The lowest BCUT2D eigenvalue weighted by molar-refractivity contribution is 0.102. The van der Waals surface area contributed by atoms with Crippen LogP contribution in [-0.2, 0) is 0 Å². The molecule has 2 aromatic carbocycles. The Kier molecular flexibility index (Phi) is 4.47. The number of fused-ring (bicyclic) bond motifs is 1. The zero-order valence-electron chi connectivity index (χ0n) is 14.0. The molecular formula is C20H20N2O2. The number of nitrogens with one attached hydrogen (secondary N) is 1. The second kappa shape index (κ2) is 6.71. The highest BCUT2D eigenvalue weighted by atomic mass is 16.5. The van der Waals surface area contributed by atoms with Crippen LogP contribution in [0, 0.1) is 0 Å². The molecule has 0 fully saturated rings. The third-order valence-corrected chi connectivity index (χ3v) is 3.92. The van der Waals surface area contributed by atoms with Crippen molar-refractivity contribution in [3.05, 3.63) is 65.9 Å². The zero-order valence-corrected chi connectivity index (χ0v) is 14.0. The van der Waals surface area contributed by atoms with Gasteiger partial charge in [0.25, 0.3) is 5.91 Å². The Labute approximate surface area is 141 Å². The lowest BCUT2D eigenvalue weighted by atomic mass is 10.0. The van der Waals surface area contributed by atoms with E-state index in [1.165, 1.54) is 0 Å². The Balaban J connectivity index is 1.98. The van der Waals surface area contributed by atoms with Crippen LogP contribution < -0.4 is 10.1 Å². The molecule has 3 aromatic rings. The number of para-hydroxylation sites is 1. The number of amides is 1. The smallest absolute Gasteiger partial charge is 0.256 e. The minimum absolute atomic E-state index is 0.138. The van der Waals surface area contributed by atoms with Crippen LogP contribution in [-0.4, -0.2) is 18.0 Å². The van der Waals surface area contributed by atoms with E-state index in [-0.39, 0.29) is 11.8 Å². The van der Waals surface area contributed by atoms with Crippen LogP contribution in [0.5, 0.6) is 5.75 Å². The highest BCUT2D eigenvalue weighted by molar-refractivity contribution is 6.12. The Bertz CT molecular complexity index is 870. The number of hydrogen-bond donors (Lipinski definition) is 1. The van der Waals surface area contributed by atoms with Crippen molar-refractivity contribution in [2.24, 2.45) is 0 Å². The number of ether oxygens (including phenoxy) is 1. The summed E-state index contributed by atoms with van der Waals surface area (Å²) in [4.78, 5) is 17.4. The fourth-order valence-corrected chi connectivity index (χ4v) is 2.55. The summed E-state index contributed by atoms with van der Waals surface area (Å²) in [6.07, 6.45) is 0. The number of benzene rings is 2. The summed E-state index contributed by atoms with van der Waals surface area (Å²) in [7, 11) is 1.62. The molecule has 0 saturated carbocycles. The topological polar surface area (TPSA) is 51.2 Å². The molecule has 0 aliphatic carbocycles. The molecule has 1 amide bonds. The molecule has 0 atom stereocenters. The van der Waals surface area contributed by atoms with Crippen LogP contribution in [0.3, 0.4) is 0 Å². The lowest BCUT2D eigenvalue weighted by Gasteiger charge is -2.12. The highest BCUT2D eigenvalue weighted by Gasteiger charge is 2.14. The predicted molar refractivity (Wildman–Crippen MR) is 96.8 cm³/mol. The van der Waals surface area contributed by atoms with E-state index in [0.29, 0.717) is 5.56 Å². The Hall–Kier alpha value is -2.88. The molecule has 0 radical (unpaired) electrons. The van der Waals surface area contributed by atoms with E-state index in [9.17, 15) is 4.79 Å². The van der Waals surface area contributed by atoms with Gasteiger partial charge in [0.05, 0.1) is 18.2 Å². The highest BCUT2D eigenvalue weighted by Crippen LogP contribution is 2.24. The number of methoxy groups -OCH3 is 1. The standard InChI is InChI=1S/C20H20N2O2/c1-13(2)19-12-17(16-6-4-5-7-18(16)22-19)20(23)21-14-8-10-15(24-3)11-9-14/h4-13H,1-3H3,(H,21,23). The maximum atomic E-state index is 12.8. The molecule has 1 heterocycles. The summed E-state index contributed by atoms with van der Waals surface area (Å²) in [5.74, 6) is 0.868. The van der Waals surface area contributed by atoms with E-state index in [2.05, 4.69) is 24.1 Å². The number of carbonyl (C=O) groups excluding carboxylic acids is 1. The van der Waals surface area contributed by atoms with E-state index < -0.39 is 0 Å². The van der Waals surface area contributed by atoms with Gasteiger partial charge in [0.1, 0.15) is 5.75 Å². The van der Waals surface area contributed by atoms with Crippen LogP contribution in [0.15, 0.2) is 54.6 Å². The van der Waals surface area contributed by atoms with Gasteiger partial charge in [-0.15, -0.1) is 0 Å². The molecule has 0 aliphatic heterocycles. The molecule has 3 rings (SSSR count). The third-order valence-electron chi connectivity index (χ3n) is 3.92. The maximum absolute atomic E-state index is 12.8. The molecule has 0 aliphatic rings. The first kappa shape index (κ1) is 16.0. The van der Waals surface area contributed by atoms with Crippen LogP contribution >= 0.6 is 0 Å². The van der Waals surface area contributed by atoms with Crippen molar-refractivity contribution in [2.45, 2.75) is 19.8 Å². The number of hydrogen-bond acceptors (Lipinski definition) is 3. The van der Waals surface area contributed by atoms with Gasteiger partial charge in [-0.2, -0.15) is 0 Å². The largest absolute Gasteiger partial charge is 0.497 e. The molecule has 0 spiro atoms. The monoisotopic (exact) mass is 320 g/mol. The summed E-state index contributed by atoms with van der Waals surface area (Å²) >= 11 is 0. The summed E-state index contributed by atoms with van der Waals surface area (Å²) in [6, 6.07) is 16.9. The quantitative estimate of drug-likeness (QED) is 0.763. The van der Waals surface area contributed by atoms with Gasteiger partial charge >= 0.3 is 0 Å². The third kappa shape index (κ3) is 3.23. The van der Waals surface area contributed by atoms with Crippen molar-refractivity contribution < 1.29 is 9.53 Å². The van der Waals surface area contributed by atoms with Crippen LogP contribution in [0.25, 0.3) is 10.9 Å². The second-order valence-corrected chi connectivity index (χ2v) is 5.95. The molecule has 1 N–H and O–H groups in total. The molecule has 122 valence electrons. The van der Waals surface area contributed by atoms with Crippen molar-refractivity contribution in [3.8, 4) is 5.75 Å². The molecule has 4 nitrogen and oxygen atoms in total. The van der Waals surface area contributed by atoms with Gasteiger partial charge in [0, 0.05) is 16.8 Å². The minimum atomic E-state index is -0.138. The van der Waals surface area contributed by atoms with Crippen molar-refractivity contribution in [2.75, 3.05) is 12.4 Å². The molecule has 1 aromatic heterocycles. The van der Waals surface area contributed by atoms with Crippen LogP contribution in [0.1, 0.15) is 35.8 Å². The summed E-state index contributed by atoms with van der Waals surface area (Å²) < 4.78 is 5.14. The fraction of sp³-hybridized carbons (Fsp3) is 0.200. The van der Waals surface area contributed by atoms with Gasteiger partial charge in [0.15, 0.2) is 0 Å². The number of aromatic nitrogens is 1. The van der Waals surface area contributed by atoms with Crippen molar-refractivity contribution >= 4 is 22.5 Å². The van der Waals surface area contributed by atoms with Gasteiger partial charge in [-0.05, 0) is 42.3 Å². The van der Waals surface area contributed by atoms with Gasteiger partial charge in [-0.1, -0.05) is 32.0 Å². The molecular weight excluding hydrogens is 300 g/mol. The number of rotatable bonds is 4. The number of carbonyl (C=O) groups is 1. The van der Waals surface area contributed by atoms with E-state index >= 15 is 0 Å². The van der Waals surface area contributed by atoms with E-state index in [1.807, 2.05) is 54.6 Å². The zero-order chi connectivity index (χ0) is 17.1. The minimum Gasteiger partial charge on any atom is -0.497 e. The van der Waals surface area contributed by atoms with Crippen molar-refractivity contribution in [1.82, 2.24) is 4.98 Å². The summed E-state index contributed by atoms with van der Waals surface area (Å²) in [5, 5.41) is 3.80. The predicted octanol–water partition coefficient (Wildman–Crippen LogP) is 4.62. The van der Waals surface area contributed by atoms with Crippen LogP contribution in [0.2, 0.25) is 0 Å². The molecule has 0 saturated heterocycles. The van der Waals surface area contributed by atoms with Crippen molar-refractivity contribution in [1.29, 1.82) is 0 Å². The van der Waals surface area contributed by atoms with Gasteiger partial charge < -0.3 is 10.1 Å². The SMILES string of the molecule is COc1ccc(NC(=O)c2cc(C(C)C)nc3ccccc23)cc1. The maximum Gasteiger partial charge on any atom is 0.256 e. The van der Waals surface area contributed by atoms with Gasteiger partial charge in [-0.25, -0.2) is 0 Å². The molecule has 0 bridgehead atoms. The normalized spacial score (nSPS) is 10.8. The number of pyridine rings is 1. The first-order chi connectivity index (χ1) is 11.6. The number of nitrogens with zero attached hydrogens (tertiary/aromatic N) is 1. The van der Waals surface area contributed by atoms with E-state index in [0.717, 1.165) is 28.0 Å². The lowest BCUT2D eigenvalue weighted by Crippen LogP contribution is -2.13. The summed E-state index contributed by atoms with van der Waals surface area (Å²) in [6.45, 7) is 4.14. The fourth-order valence-electron chi connectivity index (χ4n) is 2.55. The Morgan fingerprint density at radius 1 is 1.08 bits per heavy atom. The number of anilines is 1. The van der Waals surface area contributed by atoms with E-state index in [4.69, 9.17) is 4.74 Å². The molecule has 0 unspecified atom stereocenters.